The predicted molar refractivity (Wildman–Crippen MR) is 111 cm³/mol. The van der Waals surface area contributed by atoms with E-state index in [1.807, 2.05) is 51.1 Å². The average molecular weight is 384 g/mol. The summed E-state index contributed by atoms with van der Waals surface area (Å²) in [4.78, 5) is 18.5. The fourth-order valence-corrected chi connectivity index (χ4v) is 4.26. The number of rotatable bonds is 5. The molecule has 0 saturated heterocycles. The number of hydrogen-bond donors (Lipinski definition) is 1. The Kier molecular flexibility index (Phi) is 5.37. The number of carbonyl (C=O) groups is 1. The van der Waals surface area contributed by atoms with Crippen molar-refractivity contribution in [1.29, 1.82) is 0 Å². The molecule has 0 aliphatic heterocycles. The van der Waals surface area contributed by atoms with Gasteiger partial charge in [-0.25, -0.2) is 4.98 Å². The number of hydrogen-bond acceptors (Lipinski definition) is 4. The highest BCUT2D eigenvalue weighted by Crippen LogP contribution is 2.32. The fraction of sp³-hybridized carbons (Fsp3) is 0.333. The lowest BCUT2D eigenvalue weighted by molar-refractivity contribution is 0.102. The molecule has 1 amide bonds. The molecule has 0 atom stereocenters. The molecule has 1 aromatic carbocycles. The van der Waals surface area contributed by atoms with Crippen LogP contribution in [0.2, 0.25) is 0 Å². The highest BCUT2D eigenvalue weighted by molar-refractivity contribution is 7.16. The smallest absolute Gasteiger partial charge is 0.259 e. The first kappa shape index (κ1) is 19.2. The molecule has 3 rings (SSSR count). The standard InChI is InChI=1S/C21H25N3O2S/c1-12(2)24-13(3)11-18(14(24)4)20(25)23-21-22-19(15(5)27-21)16-7-9-17(26-6)10-8-16/h7-12H,1-6H3,(H,22,23,25). The molecule has 2 aromatic heterocycles. The largest absolute Gasteiger partial charge is 0.497 e. The molecular formula is C21H25N3O2S. The van der Waals surface area contributed by atoms with Gasteiger partial charge in [0.1, 0.15) is 5.75 Å². The van der Waals surface area contributed by atoms with Crippen molar-refractivity contribution < 1.29 is 9.53 Å². The predicted octanol–water partition coefficient (Wildman–Crippen LogP) is 5.38. The Morgan fingerprint density at radius 2 is 1.85 bits per heavy atom. The van der Waals surface area contributed by atoms with Crippen LogP contribution in [0, 0.1) is 20.8 Å². The third kappa shape index (κ3) is 3.76. The van der Waals surface area contributed by atoms with E-state index in [4.69, 9.17) is 4.74 Å². The highest BCUT2D eigenvalue weighted by atomic mass is 32.1. The van der Waals surface area contributed by atoms with Crippen molar-refractivity contribution >= 4 is 22.4 Å². The summed E-state index contributed by atoms with van der Waals surface area (Å²) in [7, 11) is 1.65. The minimum absolute atomic E-state index is 0.120. The second kappa shape index (κ2) is 7.56. The zero-order chi connectivity index (χ0) is 19.7. The van der Waals surface area contributed by atoms with Gasteiger partial charge in [0.25, 0.3) is 5.91 Å². The second-order valence-corrected chi connectivity index (χ2v) is 8.06. The van der Waals surface area contributed by atoms with E-state index in [0.29, 0.717) is 16.7 Å². The number of aromatic nitrogens is 2. The van der Waals surface area contributed by atoms with Gasteiger partial charge in [-0.1, -0.05) is 0 Å². The van der Waals surface area contributed by atoms with E-state index >= 15 is 0 Å². The number of aryl methyl sites for hydroxylation is 2. The van der Waals surface area contributed by atoms with E-state index in [2.05, 4.69) is 28.7 Å². The molecule has 0 saturated carbocycles. The van der Waals surface area contributed by atoms with Crippen LogP contribution < -0.4 is 10.1 Å². The van der Waals surface area contributed by atoms with E-state index in [1.165, 1.54) is 11.3 Å². The van der Waals surface area contributed by atoms with Gasteiger partial charge in [0, 0.05) is 27.9 Å². The summed E-state index contributed by atoms with van der Waals surface area (Å²) in [6.45, 7) is 10.3. The number of thiazole rings is 1. The molecule has 0 bridgehead atoms. The number of carbonyl (C=O) groups excluding carboxylic acids is 1. The molecule has 27 heavy (non-hydrogen) atoms. The average Bonchev–Trinajstić information content (AvgIpc) is 3.14. The van der Waals surface area contributed by atoms with E-state index in [1.54, 1.807) is 7.11 Å². The maximum atomic E-state index is 12.8. The van der Waals surface area contributed by atoms with Crippen LogP contribution in [0.4, 0.5) is 5.13 Å². The van der Waals surface area contributed by atoms with E-state index in [0.717, 1.165) is 33.3 Å². The van der Waals surface area contributed by atoms with Gasteiger partial charge in [0.15, 0.2) is 5.13 Å². The maximum Gasteiger partial charge on any atom is 0.259 e. The summed E-state index contributed by atoms with van der Waals surface area (Å²) < 4.78 is 7.38. The number of amides is 1. The molecule has 5 nitrogen and oxygen atoms in total. The molecule has 142 valence electrons. The normalized spacial score (nSPS) is 11.1. The van der Waals surface area contributed by atoms with Crippen LogP contribution in [0.25, 0.3) is 11.3 Å². The molecule has 0 unspecified atom stereocenters. The van der Waals surface area contributed by atoms with Gasteiger partial charge in [0.05, 0.1) is 18.4 Å². The molecule has 3 aromatic rings. The van der Waals surface area contributed by atoms with Crippen molar-refractivity contribution in [2.45, 2.75) is 40.7 Å². The Balaban J connectivity index is 1.84. The van der Waals surface area contributed by atoms with Gasteiger partial charge in [-0.05, 0) is 65.0 Å². The number of nitrogens with one attached hydrogen (secondary N) is 1. The summed E-state index contributed by atoms with van der Waals surface area (Å²) >= 11 is 1.48. The van der Waals surface area contributed by atoms with Crippen LogP contribution in [-0.2, 0) is 0 Å². The van der Waals surface area contributed by atoms with Crippen molar-refractivity contribution in [1.82, 2.24) is 9.55 Å². The monoisotopic (exact) mass is 383 g/mol. The lowest BCUT2D eigenvalue weighted by atomic mass is 10.1. The summed E-state index contributed by atoms with van der Waals surface area (Å²) in [6, 6.07) is 10.0. The minimum atomic E-state index is -0.120. The molecule has 6 heteroatoms. The highest BCUT2D eigenvalue weighted by Gasteiger charge is 2.19. The van der Waals surface area contributed by atoms with Crippen molar-refractivity contribution in [3.63, 3.8) is 0 Å². The first-order valence-electron chi connectivity index (χ1n) is 8.93. The van der Waals surface area contributed by atoms with E-state index < -0.39 is 0 Å². The Morgan fingerprint density at radius 1 is 1.19 bits per heavy atom. The van der Waals surface area contributed by atoms with Crippen molar-refractivity contribution in [3.8, 4) is 17.0 Å². The molecule has 1 N–H and O–H groups in total. The quantitative estimate of drug-likeness (QED) is 0.644. The zero-order valence-corrected chi connectivity index (χ0v) is 17.4. The molecule has 0 spiro atoms. The topological polar surface area (TPSA) is 56.1 Å². The van der Waals surface area contributed by atoms with Gasteiger partial charge in [-0.3, -0.25) is 10.1 Å². The van der Waals surface area contributed by atoms with Crippen LogP contribution >= 0.6 is 11.3 Å². The van der Waals surface area contributed by atoms with Gasteiger partial charge in [-0.15, -0.1) is 11.3 Å². The first-order valence-corrected chi connectivity index (χ1v) is 9.75. The minimum Gasteiger partial charge on any atom is -0.497 e. The van der Waals surface area contributed by atoms with Crippen LogP contribution in [0.15, 0.2) is 30.3 Å². The third-order valence-electron chi connectivity index (χ3n) is 4.63. The van der Waals surface area contributed by atoms with E-state index in [-0.39, 0.29) is 5.91 Å². The Morgan fingerprint density at radius 3 is 2.41 bits per heavy atom. The molecule has 0 fully saturated rings. The van der Waals surface area contributed by atoms with Crippen LogP contribution in [-0.4, -0.2) is 22.6 Å². The van der Waals surface area contributed by atoms with Gasteiger partial charge < -0.3 is 9.30 Å². The summed E-state index contributed by atoms with van der Waals surface area (Å²) in [5.74, 6) is 0.686. The van der Waals surface area contributed by atoms with Gasteiger partial charge >= 0.3 is 0 Å². The lowest BCUT2D eigenvalue weighted by Gasteiger charge is -2.13. The molecular weight excluding hydrogens is 358 g/mol. The lowest BCUT2D eigenvalue weighted by Crippen LogP contribution is -2.13. The van der Waals surface area contributed by atoms with E-state index in [9.17, 15) is 4.79 Å². The van der Waals surface area contributed by atoms with Crippen molar-refractivity contribution in [2.24, 2.45) is 0 Å². The number of methoxy groups -OCH3 is 1. The number of ether oxygens (including phenoxy) is 1. The summed E-state index contributed by atoms with van der Waals surface area (Å²) in [5.41, 5.74) is 4.64. The Bertz CT molecular complexity index is 968. The Labute approximate surface area is 164 Å². The maximum absolute atomic E-state index is 12.8. The zero-order valence-electron chi connectivity index (χ0n) is 16.6. The summed E-state index contributed by atoms with van der Waals surface area (Å²) in [5, 5.41) is 3.57. The van der Waals surface area contributed by atoms with Crippen molar-refractivity contribution in [3.05, 3.63) is 52.2 Å². The summed E-state index contributed by atoms with van der Waals surface area (Å²) in [6.07, 6.45) is 0. The van der Waals surface area contributed by atoms with Gasteiger partial charge in [0.2, 0.25) is 0 Å². The second-order valence-electron chi connectivity index (χ2n) is 6.85. The molecule has 0 radical (unpaired) electrons. The van der Waals surface area contributed by atoms with Crippen LogP contribution in [0.5, 0.6) is 5.75 Å². The van der Waals surface area contributed by atoms with Crippen LogP contribution in [0.1, 0.15) is 46.5 Å². The number of nitrogens with zero attached hydrogens (tertiary/aromatic N) is 2. The van der Waals surface area contributed by atoms with Gasteiger partial charge in [-0.2, -0.15) is 0 Å². The first-order chi connectivity index (χ1) is 12.8. The molecule has 0 aliphatic rings. The number of anilines is 1. The van der Waals surface area contributed by atoms with Crippen LogP contribution in [0.3, 0.4) is 0 Å². The number of benzene rings is 1. The fourth-order valence-electron chi connectivity index (χ4n) is 3.43. The molecule has 0 aliphatic carbocycles. The SMILES string of the molecule is COc1ccc(-c2nc(NC(=O)c3cc(C)n(C(C)C)c3C)sc2C)cc1. The van der Waals surface area contributed by atoms with Crippen molar-refractivity contribution in [2.75, 3.05) is 12.4 Å². The Hall–Kier alpha value is -2.60. The third-order valence-corrected chi connectivity index (χ3v) is 5.51. The molecule has 2 heterocycles.